The molecule has 0 radical (unpaired) electrons. The number of allylic oxidation sites excluding steroid dienone is 2. The smallest absolute Gasteiger partial charge is 0.163 e. The number of hydrogen-bond donors (Lipinski definition) is 1. The molecular formula is C30H34O5. The van der Waals surface area contributed by atoms with E-state index in [1.165, 1.54) is 0 Å². The third-order valence-electron chi connectivity index (χ3n) is 7.03. The zero-order valence-electron chi connectivity index (χ0n) is 21.0. The molecule has 35 heavy (non-hydrogen) atoms. The summed E-state index contributed by atoms with van der Waals surface area (Å²) in [6.45, 7) is 7.99. The van der Waals surface area contributed by atoms with Crippen LogP contribution in [0.2, 0.25) is 0 Å². The summed E-state index contributed by atoms with van der Waals surface area (Å²) in [5, 5.41) is 11.1. The maximum atomic E-state index is 13.4. The summed E-state index contributed by atoms with van der Waals surface area (Å²) < 4.78 is 6.17. The number of ketones is 3. The zero-order valence-corrected chi connectivity index (χ0v) is 21.0. The predicted octanol–water partition coefficient (Wildman–Crippen LogP) is 6.12. The molecule has 0 aromatic heterocycles. The second-order valence-electron chi connectivity index (χ2n) is 11.5. The normalized spacial score (nSPS) is 21.2. The number of Topliss-reactive ketones (excluding diaryl/α,β-unsaturated/α-hetero) is 3. The highest BCUT2D eigenvalue weighted by atomic mass is 16.5. The van der Waals surface area contributed by atoms with Crippen LogP contribution in [0.15, 0.2) is 65.9 Å². The van der Waals surface area contributed by atoms with Gasteiger partial charge >= 0.3 is 0 Å². The molecule has 0 amide bonds. The molecule has 1 saturated carbocycles. The third kappa shape index (κ3) is 5.39. The number of ether oxygens (including phenoxy) is 1. The van der Waals surface area contributed by atoms with Crippen LogP contribution in [-0.2, 0) is 21.0 Å². The minimum absolute atomic E-state index is 0.0282. The standard InChI is InChI=1S/C30H34O5/c1-29(2)14-21(31)27(22(32)15-29)26(28-23(33)16-30(3,4)17-24(28)34)20-12-8-9-13-25(20)35-18-19-10-6-5-7-11-19/h5-13,26-27,33H,14-18H2,1-4H3/t26-/m1/s1. The topological polar surface area (TPSA) is 80.7 Å². The minimum Gasteiger partial charge on any atom is -0.512 e. The fraction of sp³-hybridized carbons (Fsp3) is 0.433. The lowest BCUT2D eigenvalue weighted by Crippen LogP contribution is -2.43. The molecule has 0 unspecified atom stereocenters. The molecule has 0 heterocycles. The second kappa shape index (κ2) is 9.44. The van der Waals surface area contributed by atoms with E-state index >= 15 is 0 Å². The van der Waals surface area contributed by atoms with Gasteiger partial charge in [0.1, 0.15) is 29.7 Å². The number of hydrogen-bond acceptors (Lipinski definition) is 5. The highest BCUT2D eigenvalue weighted by Gasteiger charge is 2.49. The van der Waals surface area contributed by atoms with E-state index in [4.69, 9.17) is 4.74 Å². The summed E-state index contributed by atoms with van der Waals surface area (Å²) >= 11 is 0. The molecule has 5 nitrogen and oxygen atoms in total. The lowest BCUT2D eigenvalue weighted by atomic mass is 9.62. The Balaban J connectivity index is 1.82. The summed E-state index contributed by atoms with van der Waals surface area (Å²) in [5.74, 6) is -2.01. The molecule has 2 aliphatic rings. The van der Waals surface area contributed by atoms with Crippen LogP contribution in [0.1, 0.15) is 70.4 Å². The SMILES string of the molecule is CC1(C)CC(=O)C([C@H](C2=C(O)CC(C)(C)CC2=O)c2ccccc2OCc2ccccc2)C(=O)C1. The van der Waals surface area contributed by atoms with Crippen molar-refractivity contribution < 1.29 is 24.2 Å². The number of rotatable bonds is 6. The van der Waals surface area contributed by atoms with Crippen molar-refractivity contribution in [3.05, 3.63) is 77.1 Å². The molecule has 2 aliphatic carbocycles. The summed E-state index contributed by atoms with van der Waals surface area (Å²) in [6.07, 6.45) is 1.07. The van der Waals surface area contributed by atoms with Gasteiger partial charge < -0.3 is 9.84 Å². The average molecular weight is 475 g/mol. The molecule has 1 N–H and O–H groups in total. The van der Waals surface area contributed by atoms with Crippen LogP contribution in [-0.4, -0.2) is 22.5 Å². The van der Waals surface area contributed by atoms with Crippen molar-refractivity contribution in [2.24, 2.45) is 16.7 Å². The highest BCUT2D eigenvalue weighted by Crippen LogP contribution is 2.49. The molecule has 0 spiro atoms. The van der Waals surface area contributed by atoms with Crippen LogP contribution in [0.25, 0.3) is 0 Å². The zero-order chi connectivity index (χ0) is 25.4. The van der Waals surface area contributed by atoms with Gasteiger partial charge in [-0.05, 0) is 22.5 Å². The molecular weight excluding hydrogens is 440 g/mol. The van der Waals surface area contributed by atoms with Crippen molar-refractivity contribution in [3.8, 4) is 5.75 Å². The van der Waals surface area contributed by atoms with Gasteiger partial charge in [-0.25, -0.2) is 0 Å². The lowest BCUT2D eigenvalue weighted by molar-refractivity contribution is -0.140. The molecule has 0 aliphatic heterocycles. The summed E-state index contributed by atoms with van der Waals surface area (Å²) in [4.78, 5) is 40.3. The molecule has 0 bridgehead atoms. The van der Waals surface area contributed by atoms with E-state index in [9.17, 15) is 19.5 Å². The average Bonchev–Trinajstić information content (AvgIpc) is 2.75. The first-order valence-corrected chi connectivity index (χ1v) is 12.2. The number of carbonyl (C=O) groups excluding carboxylic acids is 3. The van der Waals surface area contributed by atoms with Gasteiger partial charge in [0, 0.05) is 42.7 Å². The first-order chi connectivity index (χ1) is 16.5. The molecule has 0 saturated heterocycles. The molecule has 4 rings (SSSR count). The first-order valence-electron chi connectivity index (χ1n) is 12.2. The predicted molar refractivity (Wildman–Crippen MR) is 134 cm³/mol. The van der Waals surface area contributed by atoms with Crippen LogP contribution in [0.4, 0.5) is 0 Å². The van der Waals surface area contributed by atoms with Crippen molar-refractivity contribution in [2.75, 3.05) is 0 Å². The Morgan fingerprint density at radius 3 is 2.03 bits per heavy atom. The largest absolute Gasteiger partial charge is 0.512 e. The van der Waals surface area contributed by atoms with E-state index < -0.39 is 17.3 Å². The van der Waals surface area contributed by atoms with Crippen molar-refractivity contribution in [2.45, 2.75) is 65.9 Å². The van der Waals surface area contributed by atoms with Crippen LogP contribution in [0.3, 0.4) is 0 Å². The fourth-order valence-corrected chi connectivity index (χ4v) is 5.54. The van der Waals surface area contributed by atoms with Gasteiger partial charge in [0.2, 0.25) is 0 Å². The molecule has 2 aromatic rings. The summed E-state index contributed by atoms with van der Waals surface area (Å²) in [5.41, 5.74) is 0.938. The van der Waals surface area contributed by atoms with Crippen molar-refractivity contribution in [3.63, 3.8) is 0 Å². The number of aliphatic hydroxyl groups excluding tert-OH is 1. The van der Waals surface area contributed by atoms with Crippen LogP contribution < -0.4 is 4.74 Å². The number of aliphatic hydroxyl groups is 1. The van der Waals surface area contributed by atoms with Gasteiger partial charge in [0.15, 0.2) is 5.78 Å². The Morgan fingerprint density at radius 2 is 1.40 bits per heavy atom. The third-order valence-corrected chi connectivity index (χ3v) is 7.03. The molecule has 1 fully saturated rings. The van der Waals surface area contributed by atoms with Gasteiger partial charge in [-0.1, -0.05) is 76.2 Å². The Kier molecular flexibility index (Phi) is 6.72. The fourth-order valence-electron chi connectivity index (χ4n) is 5.54. The first kappa shape index (κ1) is 24.9. The van der Waals surface area contributed by atoms with E-state index in [2.05, 4.69) is 0 Å². The maximum Gasteiger partial charge on any atom is 0.163 e. The maximum absolute atomic E-state index is 13.4. The van der Waals surface area contributed by atoms with Gasteiger partial charge in [-0.15, -0.1) is 0 Å². The Hall–Kier alpha value is -3.21. The summed E-state index contributed by atoms with van der Waals surface area (Å²) in [6, 6.07) is 16.9. The van der Waals surface area contributed by atoms with Crippen molar-refractivity contribution in [1.82, 2.24) is 0 Å². The van der Waals surface area contributed by atoms with Gasteiger partial charge in [-0.2, -0.15) is 0 Å². The Morgan fingerprint density at radius 1 is 0.829 bits per heavy atom. The summed E-state index contributed by atoms with van der Waals surface area (Å²) in [7, 11) is 0. The van der Waals surface area contributed by atoms with Gasteiger partial charge in [-0.3, -0.25) is 14.4 Å². The molecule has 1 atom stereocenters. The van der Waals surface area contributed by atoms with E-state index in [1.54, 1.807) is 12.1 Å². The van der Waals surface area contributed by atoms with Crippen LogP contribution >= 0.6 is 0 Å². The minimum atomic E-state index is -1.02. The van der Waals surface area contributed by atoms with E-state index in [0.717, 1.165) is 5.56 Å². The van der Waals surface area contributed by atoms with Gasteiger partial charge in [0.05, 0.1) is 5.92 Å². The van der Waals surface area contributed by atoms with E-state index in [-0.39, 0.29) is 53.4 Å². The van der Waals surface area contributed by atoms with Crippen LogP contribution in [0.5, 0.6) is 5.75 Å². The molecule has 184 valence electrons. The monoisotopic (exact) mass is 474 g/mol. The van der Waals surface area contributed by atoms with E-state index in [0.29, 0.717) is 24.3 Å². The van der Waals surface area contributed by atoms with Crippen molar-refractivity contribution in [1.29, 1.82) is 0 Å². The molecule has 2 aromatic carbocycles. The second-order valence-corrected chi connectivity index (χ2v) is 11.5. The quantitative estimate of drug-likeness (QED) is 0.510. The molecule has 5 heteroatoms. The van der Waals surface area contributed by atoms with Crippen molar-refractivity contribution >= 4 is 17.3 Å². The highest BCUT2D eigenvalue weighted by molar-refractivity contribution is 6.09. The lowest BCUT2D eigenvalue weighted by Gasteiger charge is -2.39. The number of benzene rings is 2. The Bertz CT molecular complexity index is 1150. The van der Waals surface area contributed by atoms with E-state index in [1.807, 2.05) is 70.2 Å². The van der Waals surface area contributed by atoms with Crippen LogP contribution in [0, 0.1) is 16.7 Å². The number of carbonyl (C=O) groups is 3. The number of para-hydroxylation sites is 1. The van der Waals surface area contributed by atoms with Gasteiger partial charge in [0.25, 0.3) is 0 Å². The Labute approximate surface area is 207 Å².